The number of benzene rings is 1. The van der Waals surface area contributed by atoms with E-state index in [1.807, 2.05) is 31.2 Å². The Bertz CT molecular complexity index is 570. The van der Waals surface area contributed by atoms with Gasteiger partial charge in [0.05, 0.1) is 5.69 Å². The molecule has 2 rings (SSSR count). The van der Waals surface area contributed by atoms with Crippen LogP contribution in [0.25, 0.3) is 11.3 Å². The molecule has 15 heavy (non-hydrogen) atoms. The van der Waals surface area contributed by atoms with Gasteiger partial charge in [0.25, 0.3) is 5.56 Å². The van der Waals surface area contributed by atoms with Crippen LogP contribution >= 0.6 is 12.2 Å². The van der Waals surface area contributed by atoms with Crippen LogP contribution in [-0.2, 0) is 0 Å². The summed E-state index contributed by atoms with van der Waals surface area (Å²) in [6.07, 6.45) is 0. The van der Waals surface area contributed by atoms with Crippen LogP contribution in [0.5, 0.6) is 0 Å². The Morgan fingerprint density at radius 1 is 1.20 bits per heavy atom. The highest BCUT2D eigenvalue weighted by atomic mass is 32.1. The standard InChI is InChI=1S/C11H10N2OS/c1-7-3-2-4-8(5-7)9-6-10(14)13-11(15)12-9/h2-6H,1H3,(H2,12,13,14,15). The summed E-state index contributed by atoms with van der Waals surface area (Å²) in [4.78, 5) is 16.7. The molecule has 0 fully saturated rings. The fourth-order valence-electron chi connectivity index (χ4n) is 1.44. The van der Waals surface area contributed by atoms with Crippen LogP contribution in [0.3, 0.4) is 0 Å². The molecule has 2 aromatic rings. The Balaban J connectivity index is 2.64. The molecule has 2 N–H and O–H groups in total. The Labute approximate surface area is 91.8 Å². The Morgan fingerprint density at radius 2 is 2.00 bits per heavy atom. The second-order valence-electron chi connectivity index (χ2n) is 3.37. The molecule has 0 saturated carbocycles. The number of aryl methyl sites for hydroxylation is 1. The molecule has 0 radical (unpaired) electrons. The maximum Gasteiger partial charge on any atom is 0.252 e. The zero-order valence-corrected chi connectivity index (χ0v) is 9.02. The maximum atomic E-state index is 11.2. The Hall–Kier alpha value is -1.68. The minimum absolute atomic E-state index is 0.185. The third kappa shape index (κ3) is 2.22. The number of hydrogen-bond donors (Lipinski definition) is 2. The second-order valence-corrected chi connectivity index (χ2v) is 3.78. The summed E-state index contributed by atoms with van der Waals surface area (Å²) in [5.74, 6) is 0. The topological polar surface area (TPSA) is 48.6 Å². The minimum atomic E-state index is -0.185. The molecule has 0 unspecified atom stereocenters. The highest BCUT2D eigenvalue weighted by Crippen LogP contribution is 2.15. The minimum Gasteiger partial charge on any atom is -0.332 e. The number of hydrogen-bond acceptors (Lipinski definition) is 2. The van der Waals surface area contributed by atoms with Crippen LogP contribution < -0.4 is 5.56 Å². The summed E-state index contributed by atoms with van der Waals surface area (Å²) in [5, 5.41) is 0. The van der Waals surface area contributed by atoms with E-state index in [1.165, 1.54) is 6.07 Å². The van der Waals surface area contributed by atoms with Gasteiger partial charge in [0.15, 0.2) is 4.77 Å². The number of aromatic amines is 2. The molecule has 0 aliphatic carbocycles. The molecule has 1 aromatic carbocycles. The third-order valence-corrected chi connectivity index (χ3v) is 2.29. The van der Waals surface area contributed by atoms with Gasteiger partial charge < -0.3 is 4.98 Å². The van der Waals surface area contributed by atoms with E-state index in [0.29, 0.717) is 4.77 Å². The van der Waals surface area contributed by atoms with Crippen LogP contribution in [0.1, 0.15) is 5.56 Å². The van der Waals surface area contributed by atoms with Crippen LogP contribution in [0, 0.1) is 11.7 Å². The van der Waals surface area contributed by atoms with Gasteiger partial charge in [0.1, 0.15) is 0 Å². The highest BCUT2D eigenvalue weighted by Gasteiger charge is 1.98. The lowest BCUT2D eigenvalue weighted by molar-refractivity contribution is 1.09. The average Bonchev–Trinajstić information content (AvgIpc) is 2.16. The number of H-pyrrole nitrogens is 2. The van der Waals surface area contributed by atoms with Gasteiger partial charge >= 0.3 is 0 Å². The summed E-state index contributed by atoms with van der Waals surface area (Å²) in [6.45, 7) is 2.01. The van der Waals surface area contributed by atoms with Gasteiger partial charge in [0, 0.05) is 6.07 Å². The molecule has 0 amide bonds. The first kappa shape index (κ1) is 9.86. The van der Waals surface area contributed by atoms with E-state index in [-0.39, 0.29) is 5.56 Å². The van der Waals surface area contributed by atoms with Crippen molar-refractivity contribution in [1.29, 1.82) is 0 Å². The van der Waals surface area contributed by atoms with Crippen molar-refractivity contribution in [3.8, 4) is 11.3 Å². The van der Waals surface area contributed by atoms with E-state index in [2.05, 4.69) is 9.97 Å². The molecule has 0 aliphatic heterocycles. The van der Waals surface area contributed by atoms with E-state index >= 15 is 0 Å². The quantitative estimate of drug-likeness (QED) is 0.722. The molecule has 1 aromatic heterocycles. The lowest BCUT2D eigenvalue weighted by Crippen LogP contribution is -2.06. The van der Waals surface area contributed by atoms with Gasteiger partial charge in [0.2, 0.25) is 0 Å². The number of aromatic nitrogens is 2. The zero-order valence-electron chi connectivity index (χ0n) is 8.20. The molecule has 4 heteroatoms. The van der Waals surface area contributed by atoms with Crippen molar-refractivity contribution in [2.45, 2.75) is 6.92 Å². The van der Waals surface area contributed by atoms with Gasteiger partial charge in [-0.05, 0) is 30.8 Å². The fourth-order valence-corrected chi connectivity index (χ4v) is 1.65. The normalized spacial score (nSPS) is 10.2. The zero-order chi connectivity index (χ0) is 10.8. The molecule has 1 heterocycles. The van der Waals surface area contributed by atoms with Crippen LogP contribution in [0.15, 0.2) is 35.1 Å². The Morgan fingerprint density at radius 3 is 2.67 bits per heavy atom. The van der Waals surface area contributed by atoms with Gasteiger partial charge in [-0.15, -0.1) is 0 Å². The fraction of sp³-hybridized carbons (Fsp3) is 0.0909. The molecule has 0 saturated heterocycles. The van der Waals surface area contributed by atoms with E-state index < -0.39 is 0 Å². The van der Waals surface area contributed by atoms with Crippen molar-refractivity contribution in [3.63, 3.8) is 0 Å². The van der Waals surface area contributed by atoms with E-state index in [0.717, 1.165) is 16.8 Å². The van der Waals surface area contributed by atoms with E-state index in [9.17, 15) is 4.79 Å². The van der Waals surface area contributed by atoms with Gasteiger partial charge in [-0.3, -0.25) is 9.78 Å². The predicted molar refractivity (Wildman–Crippen MR) is 62.4 cm³/mol. The summed E-state index contributed by atoms with van der Waals surface area (Å²) in [6, 6.07) is 9.39. The lowest BCUT2D eigenvalue weighted by atomic mass is 10.1. The van der Waals surface area contributed by atoms with Crippen molar-refractivity contribution in [2.24, 2.45) is 0 Å². The van der Waals surface area contributed by atoms with Crippen LogP contribution in [0.2, 0.25) is 0 Å². The average molecular weight is 218 g/mol. The maximum absolute atomic E-state index is 11.2. The largest absolute Gasteiger partial charge is 0.332 e. The van der Waals surface area contributed by atoms with Crippen molar-refractivity contribution in [3.05, 3.63) is 51.0 Å². The number of rotatable bonds is 1. The second kappa shape index (κ2) is 3.82. The van der Waals surface area contributed by atoms with Gasteiger partial charge in [-0.2, -0.15) is 0 Å². The van der Waals surface area contributed by atoms with Crippen molar-refractivity contribution >= 4 is 12.2 Å². The summed E-state index contributed by atoms with van der Waals surface area (Å²) in [7, 11) is 0. The summed E-state index contributed by atoms with van der Waals surface area (Å²) < 4.78 is 0.346. The van der Waals surface area contributed by atoms with Gasteiger partial charge in [-0.1, -0.05) is 23.8 Å². The third-order valence-electron chi connectivity index (χ3n) is 2.09. The molecule has 76 valence electrons. The first-order valence-electron chi connectivity index (χ1n) is 4.56. The van der Waals surface area contributed by atoms with E-state index in [4.69, 9.17) is 12.2 Å². The first-order chi connectivity index (χ1) is 7.15. The van der Waals surface area contributed by atoms with Gasteiger partial charge in [-0.25, -0.2) is 0 Å². The highest BCUT2D eigenvalue weighted by molar-refractivity contribution is 7.71. The van der Waals surface area contributed by atoms with Crippen molar-refractivity contribution < 1.29 is 0 Å². The summed E-state index contributed by atoms with van der Waals surface area (Å²) >= 11 is 4.91. The lowest BCUT2D eigenvalue weighted by Gasteiger charge is -2.01. The molecule has 3 nitrogen and oxygen atoms in total. The first-order valence-corrected chi connectivity index (χ1v) is 4.97. The monoisotopic (exact) mass is 218 g/mol. The van der Waals surface area contributed by atoms with Crippen molar-refractivity contribution in [2.75, 3.05) is 0 Å². The predicted octanol–water partition coefficient (Wildman–Crippen LogP) is 2.41. The smallest absolute Gasteiger partial charge is 0.252 e. The molecule has 0 spiro atoms. The SMILES string of the molecule is Cc1cccc(-c2cc(=O)[nH]c(=S)[nH]2)c1. The van der Waals surface area contributed by atoms with Crippen LogP contribution in [-0.4, -0.2) is 9.97 Å². The molecular weight excluding hydrogens is 208 g/mol. The number of nitrogens with one attached hydrogen (secondary N) is 2. The molecule has 0 atom stereocenters. The molecule has 0 aliphatic rings. The molecular formula is C11H10N2OS. The summed E-state index contributed by atoms with van der Waals surface area (Å²) in [5.41, 5.74) is 2.67. The Kier molecular flexibility index (Phi) is 2.51. The van der Waals surface area contributed by atoms with Crippen molar-refractivity contribution in [1.82, 2.24) is 9.97 Å². The molecule has 0 bridgehead atoms. The van der Waals surface area contributed by atoms with Crippen LogP contribution in [0.4, 0.5) is 0 Å². The van der Waals surface area contributed by atoms with E-state index in [1.54, 1.807) is 0 Å².